The first kappa shape index (κ1) is 12.6. The van der Waals surface area contributed by atoms with E-state index in [1.165, 1.54) is 0 Å². The molecule has 1 aliphatic heterocycles. The van der Waals surface area contributed by atoms with Crippen LogP contribution in [0.2, 0.25) is 0 Å². The second-order valence-corrected chi connectivity index (χ2v) is 4.37. The van der Waals surface area contributed by atoms with Crippen molar-refractivity contribution < 1.29 is 12.3 Å². The average Bonchev–Trinajstić information content (AvgIpc) is 2.34. The molecule has 0 bridgehead atoms. The van der Waals surface area contributed by atoms with E-state index in [0.29, 0.717) is 13.0 Å². The molecule has 1 fully saturated rings. The van der Waals surface area contributed by atoms with Crippen molar-refractivity contribution in [1.29, 1.82) is 5.26 Å². The zero-order chi connectivity index (χ0) is 9.24. The monoisotopic (exact) mass is 228 g/mol. The van der Waals surface area contributed by atoms with Gasteiger partial charge in [-0.3, -0.25) is 0 Å². The molecule has 0 spiro atoms. The Bertz CT molecular complexity index is 305. The Kier molecular flexibility index (Phi) is 4.10. The molecule has 1 heterocycles. The molecule has 4 nitrogen and oxygen atoms in total. The van der Waals surface area contributed by atoms with E-state index in [1.54, 1.807) is 0 Å². The normalized spacial score (nSPS) is 27.7. The molecule has 76 valence electrons. The van der Waals surface area contributed by atoms with Crippen LogP contribution in [-0.4, -0.2) is 27.3 Å². The van der Waals surface area contributed by atoms with Crippen molar-refractivity contribution in [1.82, 2.24) is 5.32 Å². The van der Waals surface area contributed by atoms with E-state index in [2.05, 4.69) is 5.32 Å². The lowest BCUT2D eigenvalue weighted by atomic mass is 9.92. The van der Waals surface area contributed by atoms with Crippen LogP contribution in [0.15, 0.2) is 0 Å². The maximum absolute atomic E-state index is 12.3. The van der Waals surface area contributed by atoms with Crippen LogP contribution < -0.4 is 5.32 Å². The molecule has 0 saturated carbocycles. The summed E-state index contributed by atoms with van der Waals surface area (Å²) in [6, 6.07) is 1.85. The zero-order valence-electron chi connectivity index (χ0n) is 6.79. The summed E-state index contributed by atoms with van der Waals surface area (Å²) in [4.78, 5) is 0. The maximum Gasteiger partial charge on any atom is 0.304 e. The van der Waals surface area contributed by atoms with Gasteiger partial charge in [-0.05, 0) is 13.0 Å². The minimum Gasteiger partial charge on any atom is -0.315 e. The highest BCUT2D eigenvalue weighted by atomic mass is 35.5. The lowest BCUT2D eigenvalue weighted by molar-refractivity contribution is 0.468. The number of hydrogen-bond acceptors (Lipinski definition) is 4. The fourth-order valence-corrected chi connectivity index (χ4v) is 2.30. The fourth-order valence-electron chi connectivity index (χ4n) is 1.32. The zero-order valence-corrected chi connectivity index (χ0v) is 8.42. The molecule has 1 aliphatic rings. The van der Waals surface area contributed by atoms with Gasteiger partial charge in [0, 0.05) is 6.54 Å². The first-order chi connectivity index (χ1) is 5.47. The molecular formula is C6H10ClFN2O2S. The largest absolute Gasteiger partial charge is 0.315 e. The van der Waals surface area contributed by atoms with Crippen molar-refractivity contribution in [2.24, 2.45) is 5.41 Å². The van der Waals surface area contributed by atoms with Gasteiger partial charge in [-0.25, -0.2) is 0 Å². The molecule has 1 rings (SSSR count). The van der Waals surface area contributed by atoms with E-state index in [1.807, 2.05) is 6.07 Å². The Morgan fingerprint density at radius 1 is 1.62 bits per heavy atom. The first-order valence-electron chi connectivity index (χ1n) is 3.52. The van der Waals surface area contributed by atoms with Gasteiger partial charge < -0.3 is 5.32 Å². The van der Waals surface area contributed by atoms with Crippen LogP contribution in [0.1, 0.15) is 6.42 Å². The Morgan fingerprint density at radius 3 is 2.54 bits per heavy atom. The highest BCUT2D eigenvalue weighted by molar-refractivity contribution is 7.86. The number of nitrogens with zero attached hydrogens (tertiary/aromatic N) is 1. The molecule has 0 aromatic carbocycles. The smallest absolute Gasteiger partial charge is 0.304 e. The molecule has 1 unspecified atom stereocenters. The molecule has 1 atom stereocenters. The third-order valence-electron chi connectivity index (χ3n) is 1.93. The fraction of sp³-hybridized carbons (Fsp3) is 0.833. The summed E-state index contributed by atoms with van der Waals surface area (Å²) in [5.74, 6) is -0.691. The van der Waals surface area contributed by atoms with Crippen LogP contribution >= 0.6 is 12.4 Å². The standard InChI is InChI=1S/C6H9FN2O2S.ClH/c7-12(10,11)5-6(3-8)1-2-9-4-6;/h9H,1-2,4-5H2;1H. The number of halogens is 2. The summed E-state index contributed by atoms with van der Waals surface area (Å²) in [5, 5.41) is 11.5. The summed E-state index contributed by atoms with van der Waals surface area (Å²) in [6.07, 6.45) is 0.395. The summed E-state index contributed by atoms with van der Waals surface area (Å²) in [7, 11) is -4.54. The van der Waals surface area contributed by atoms with Crippen molar-refractivity contribution in [2.45, 2.75) is 6.42 Å². The van der Waals surface area contributed by atoms with Crippen molar-refractivity contribution in [2.75, 3.05) is 18.8 Å². The summed E-state index contributed by atoms with van der Waals surface area (Å²) in [6.45, 7) is 0.829. The molecule has 7 heteroatoms. The van der Waals surface area contributed by atoms with E-state index >= 15 is 0 Å². The van der Waals surface area contributed by atoms with Gasteiger partial charge in [-0.1, -0.05) is 0 Å². The van der Waals surface area contributed by atoms with Crippen molar-refractivity contribution in [3.63, 3.8) is 0 Å². The van der Waals surface area contributed by atoms with E-state index in [-0.39, 0.29) is 19.0 Å². The van der Waals surface area contributed by atoms with Crippen molar-refractivity contribution >= 4 is 22.6 Å². The minimum atomic E-state index is -4.54. The topological polar surface area (TPSA) is 70.0 Å². The van der Waals surface area contributed by atoms with E-state index < -0.39 is 21.4 Å². The van der Waals surface area contributed by atoms with Gasteiger partial charge in [0.25, 0.3) is 0 Å². The lowest BCUT2D eigenvalue weighted by Gasteiger charge is -2.15. The maximum atomic E-state index is 12.3. The van der Waals surface area contributed by atoms with E-state index in [9.17, 15) is 12.3 Å². The average molecular weight is 229 g/mol. The Labute approximate surface area is 82.7 Å². The van der Waals surface area contributed by atoms with Gasteiger partial charge in [-0.15, -0.1) is 16.3 Å². The van der Waals surface area contributed by atoms with Gasteiger partial charge in [0.2, 0.25) is 0 Å². The molecule has 0 aliphatic carbocycles. The van der Waals surface area contributed by atoms with Gasteiger partial charge in [-0.2, -0.15) is 13.7 Å². The second-order valence-electron chi connectivity index (χ2n) is 3.00. The number of hydrogen-bond donors (Lipinski definition) is 1. The number of nitrogens with one attached hydrogen (secondary N) is 1. The second kappa shape index (κ2) is 4.22. The van der Waals surface area contributed by atoms with E-state index in [0.717, 1.165) is 0 Å². The highest BCUT2D eigenvalue weighted by Gasteiger charge is 2.38. The van der Waals surface area contributed by atoms with Crippen LogP contribution in [0.4, 0.5) is 3.89 Å². The number of nitriles is 1. The molecule has 0 amide bonds. The van der Waals surface area contributed by atoms with Crippen LogP contribution in [0, 0.1) is 16.7 Å². The Hall–Kier alpha value is -0.380. The van der Waals surface area contributed by atoms with Gasteiger partial charge in [0.05, 0.1) is 17.2 Å². The number of rotatable bonds is 2. The van der Waals surface area contributed by atoms with Gasteiger partial charge in [0.15, 0.2) is 0 Å². The van der Waals surface area contributed by atoms with Crippen LogP contribution in [0.5, 0.6) is 0 Å². The Morgan fingerprint density at radius 2 is 2.23 bits per heavy atom. The highest BCUT2D eigenvalue weighted by Crippen LogP contribution is 2.26. The van der Waals surface area contributed by atoms with E-state index in [4.69, 9.17) is 5.26 Å². The van der Waals surface area contributed by atoms with Gasteiger partial charge in [0.1, 0.15) is 0 Å². The summed E-state index contributed by atoms with van der Waals surface area (Å²) < 4.78 is 32.9. The van der Waals surface area contributed by atoms with Crippen molar-refractivity contribution in [3.8, 4) is 6.07 Å². The molecule has 13 heavy (non-hydrogen) atoms. The quantitative estimate of drug-likeness (QED) is 0.686. The minimum absolute atomic E-state index is 0. The SMILES string of the molecule is Cl.N#CC1(CS(=O)(=O)F)CCNC1. The predicted octanol–water partition coefficient (Wildman–Crippen LogP) is 0.211. The summed E-state index contributed by atoms with van der Waals surface area (Å²) in [5.41, 5.74) is -1.05. The molecule has 0 radical (unpaired) electrons. The lowest BCUT2D eigenvalue weighted by Crippen LogP contribution is -2.29. The molecule has 1 N–H and O–H groups in total. The predicted molar refractivity (Wildman–Crippen MR) is 47.7 cm³/mol. The molecule has 1 saturated heterocycles. The third kappa shape index (κ3) is 3.46. The Balaban J connectivity index is 0.00000144. The first-order valence-corrected chi connectivity index (χ1v) is 5.07. The molecule has 0 aromatic rings. The van der Waals surface area contributed by atoms with Gasteiger partial charge >= 0.3 is 10.2 Å². The van der Waals surface area contributed by atoms with Crippen LogP contribution in [0.3, 0.4) is 0 Å². The summed E-state index contributed by atoms with van der Waals surface area (Å²) >= 11 is 0. The van der Waals surface area contributed by atoms with Crippen molar-refractivity contribution in [3.05, 3.63) is 0 Å². The van der Waals surface area contributed by atoms with Crippen LogP contribution in [-0.2, 0) is 10.2 Å². The third-order valence-corrected chi connectivity index (χ3v) is 2.83. The molecule has 0 aromatic heterocycles. The van der Waals surface area contributed by atoms with Crippen LogP contribution in [0.25, 0.3) is 0 Å². The molecular weight excluding hydrogens is 219 g/mol.